The molecule has 140 valence electrons. The van der Waals surface area contributed by atoms with E-state index in [2.05, 4.69) is 4.72 Å². The van der Waals surface area contributed by atoms with E-state index in [1.807, 2.05) is 67.6 Å². The fraction of sp³-hybridized carbons (Fsp3) is 0.182. The van der Waals surface area contributed by atoms with Crippen molar-refractivity contribution in [1.82, 2.24) is 4.72 Å². The average molecular weight is 381 g/mol. The molecule has 27 heavy (non-hydrogen) atoms. The summed E-state index contributed by atoms with van der Waals surface area (Å²) in [5.41, 5.74) is 3.27. The highest BCUT2D eigenvalue weighted by molar-refractivity contribution is 7.89. The highest BCUT2D eigenvalue weighted by atomic mass is 32.2. The molecule has 3 aromatic carbocycles. The molecule has 4 nitrogen and oxygen atoms in total. The van der Waals surface area contributed by atoms with Crippen LogP contribution < -0.4 is 9.46 Å². The summed E-state index contributed by atoms with van der Waals surface area (Å²) < 4.78 is 34.6. The van der Waals surface area contributed by atoms with Gasteiger partial charge in [0.05, 0.1) is 18.0 Å². The second-order valence-electron chi connectivity index (χ2n) is 6.39. The third-order valence-electron chi connectivity index (χ3n) is 4.74. The molecule has 5 heteroatoms. The van der Waals surface area contributed by atoms with Crippen molar-refractivity contribution in [2.75, 3.05) is 7.11 Å². The fourth-order valence-electron chi connectivity index (χ4n) is 3.12. The van der Waals surface area contributed by atoms with Gasteiger partial charge < -0.3 is 4.74 Å². The molecule has 0 fully saturated rings. The van der Waals surface area contributed by atoms with Crippen LogP contribution in [0, 0.1) is 13.8 Å². The molecule has 3 rings (SSSR count). The minimum atomic E-state index is -3.74. The lowest BCUT2D eigenvalue weighted by atomic mass is 10.00. The molecular weight excluding hydrogens is 358 g/mol. The van der Waals surface area contributed by atoms with E-state index in [0.717, 1.165) is 16.7 Å². The summed E-state index contributed by atoms with van der Waals surface area (Å²) in [5.74, 6) is 0.675. The predicted molar refractivity (Wildman–Crippen MR) is 108 cm³/mol. The van der Waals surface area contributed by atoms with Gasteiger partial charge in [-0.25, -0.2) is 8.42 Å². The van der Waals surface area contributed by atoms with E-state index in [1.54, 1.807) is 26.2 Å². The van der Waals surface area contributed by atoms with Crippen LogP contribution in [-0.4, -0.2) is 15.5 Å². The Morgan fingerprint density at radius 2 is 1.30 bits per heavy atom. The van der Waals surface area contributed by atoms with E-state index in [0.29, 0.717) is 11.3 Å². The number of nitrogens with one attached hydrogen (secondary N) is 1. The van der Waals surface area contributed by atoms with E-state index < -0.39 is 16.1 Å². The minimum Gasteiger partial charge on any atom is -0.496 e. The summed E-state index contributed by atoms with van der Waals surface area (Å²) in [4.78, 5) is 0.262. The van der Waals surface area contributed by atoms with Crippen molar-refractivity contribution >= 4 is 10.0 Å². The lowest BCUT2D eigenvalue weighted by Crippen LogP contribution is -2.30. The van der Waals surface area contributed by atoms with Crippen LogP contribution in [0.5, 0.6) is 5.75 Å². The van der Waals surface area contributed by atoms with E-state index >= 15 is 0 Å². The minimum absolute atomic E-state index is 0.262. The van der Waals surface area contributed by atoms with Gasteiger partial charge in [-0.15, -0.1) is 0 Å². The van der Waals surface area contributed by atoms with Crippen LogP contribution in [-0.2, 0) is 10.0 Å². The number of sulfonamides is 1. The maximum Gasteiger partial charge on any atom is 0.241 e. The Hall–Kier alpha value is -2.63. The summed E-state index contributed by atoms with van der Waals surface area (Å²) in [6.07, 6.45) is 0. The first-order valence-electron chi connectivity index (χ1n) is 8.70. The van der Waals surface area contributed by atoms with Gasteiger partial charge >= 0.3 is 0 Å². The molecule has 3 aromatic rings. The van der Waals surface area contributed by atoms with E-state index in [9.17, 15) is 8.42 Å². The summed E-state index contributed by atoms with van der Waals surface area (Å²) in [6.45, 7) is 3.66. The Labute approximate surface area is 160 Å². The number of methoxy groups -OCH3 is 1. The number of rotatable bonds is 6. The molecule has 0 saturated heterocycles. The molecule has 0 saturated carbocycles. The predicted octanol–water partition coefficient (Wildman–Crippen LogP) is 4.38. The highest BCUT2D eigenvalue weighted by Gasteiger charge is 2.25. The first-order valence-corrected chi connectivity index (χ1v) is 10.2. The van der Waals surface area contributed by atoms with E-state index in [-0.39, 0.29) is 4.90 Å². The fourth-order valence-corrected chi connectivity index (χ4v) is 4.63. The second kappa shape index (κ2) is 7.94. The summed E-state index contributed by atoms with van der Waals surface area (Å²) in [6, 6.07) is 22.0. The molecule has 1 N–H and O–H groups in total. The van der Waals surface area contributed by atoms with Crippen LogP contribution in [0.3, 0.4) is 0 Å². The summed E-state index contributed by atoms with van der Waals surface area (Å²) in [5, 5.41) is 0. The Morgan fingerprint density at radius 1 is 0.778 bits per heavy atom. The maximum absolute atomic E-state index is 13.2. The smallest absolute Gasteiger partial charge is 0.241 e. The highest BCUT2D eigenvalue weighted by Crippen LogP contribution is 2.29. The first-order chi connectivity index (χ1) is 12.9. The lowest BCUT2D eigenvalue weighted by Gasteiger charge is -2.21. The first kappa shape index (κ1) is 19.1. The Morgan fingerprint density at radius 3 is 1.78 bits per heavy atom. The number of benzene rings is 3. The van der Waals surface area contributed by atoms with Gasteiger partial charge in [-0.3, -0.25) is 0 Å². The van der Waals surface area contributed by atoms with Crippen molar-refractivity contribution in [3.63, 3.8) is 0 Å². The number of hydrogen-bond donors (Lipinski definition) is 1. The molecule has 0 aliphatic heterocycles. The van der Waals surface area contributed by atoms with Gasteiger partial charge in [0.15, 0.2) is 0 Å². The lowest BCUT2D eigenvalue weighted by molar-refractivity contribution is 0.410. The van der Waals surface area contributed by atoms with E-state index in [1.165, 1.54) is 0 Å². The molecule has 0 radical (unpaired) electrons. The molecule has 0 aliphatic rings. The van der Waals surface area contributed by atoms with Crippen molar-refractivity contribution in [2.24, 2.45) is 0 Å². The van der Waals surface area contributed by atoms with Gasteiger partial charge in [0.1, 0.15) is 5.75 Å². The third kappa shape index (κ3) is 4.04. The van der Waals surface area contributed by atoms with Crippen LogP contribution in [0.15, 0.2) is 77.7 Å². The molecule has 0 heterocycles. The maximum atomic E-state index is 13.2. The van der Waals surface area contributed by atoms with Gasteiger partial charge in [0, 0.05) is 0 Å². The normalized spacial score (nSPS) is 11.6. The topological polar surface area (TPSA) is 55.4 Å². The summed E-state index contributed by atoms with van der Waals surface area (Å²) >= 11 is 0. The van der Waals surface area contributed by atoms with Crippen LogP contribution in [0.1, 0.15) is 28.3 Å². The molecule has 0 amide bonds. The van der Waals surface area contributed by atoms with E-state index in [4.69, 9.17) is 4.74 Å². The zero-order chi connectivity index (χ0) is 19.4. The van der Waals surface area contributed by atoms with Crippen LogP contribution >= 0.6 is 0 Å². The van der Waals surface area contributed by atoms with Gasteiger partial charge in [-0.2, -0.15) is 4.72 Å². The van der Waals surface area contributed by atoms with Crippen molar-refractivity contribution in [2.45, 2.75) is 24.8 Å². The standard InChI is InChI=1S/C22H23NO3S/c1-16-17(2)21(15-14-20(16)26-3)27(24,25)23-22(18-10-6-4-7-11-18)19-12-8-5-9-13-19/h4-15,22-23H,1-3H3. The number of ether oxygens (including phenoxy) is 1. The molecular formula is C22H23NO3S. The third-order valence-corrected chi connectivity index (χ3v) is 6.30. The van der Waals surface area contributed by atoms with Gasteiger partial charge in [0.2, 0.25) is 10.0 Å². The average Bonchev–Trinajstić information content (AvgIpc) is 2.69. The Bertz CT molecular complexity index is 977. The number of hydrogen-bond acceptors (Lipinski definition) is 3. The monoisotopic (exact) mass is 381 g/mol. The Kier molecular flexibility index (Phi) is 5.63. The molecule has 0 spiro atoms. The molecule has 0 bridgehead atoms. The van der Waals surface area contributed by atoms with Crippen molar-refractivity contribution in [3.05, 3.63) is 95.1 Å². The SMILES string of the molecule is COc1ccc(S(=O)(=O)NC(c2ccccc2)c2ccccc2)c(C)c1C. The van der Waals surface area contributed by atoms with Gasteiger partial charge in [0.25, 0.3) is 0 Å². The quantitative estimate of drug-likeness (QED) is 0.689. The summed E-state index contributed by atoms with van der Waals surface area (Å²) in [7, 11) is -2.16. The van der Waals surface area contributed by atoms with Gasteiger partial charge in [-0.05, 0) is 48.2 Å². The Balaban J connectivity index is 2.05. The van der Waals surface area contributed by atoms with Crippen molar-refractivity contribution < 1.29 is 13.2 Å². The van der Waals surface area contributed by atoms with Gasteiger partial charge in [-0.1, -0.05) is 60.7 Å². The van der Waals surface area contributed by atoms with Crippen LogP contribution in [0.4, 0.5) is 0 Å². The largest absolute Gasteiger partial charge is 0.496 e. The van der Waals surface area contributed by atoms with Crippen molar-refractivity contribution in [3.8, 4) is 5.75 Å². The van der Waals surface area contributed by atoms with Crippen molar-refractivity contribution in [1.29, 1.82) is 0 Å². The zero-order valence-electron chi connectivity index (χ0n) is 15.6. The molecule has 0 aliphatic carbocycles. The van der Waals surface area contributed by atoms with Crippen LogP contribution in [0.2, 0.25) is 0 Å². The second-order valence-corrected chi connectivity index (χ2v) is 8.07. The molecule has 0 atom stereocenters. The molecule has 0 aromatic heterocycles. The van der Waals surface area contributed by atoms with Crippen LogP contribution in [0.25, 0.3) is 0 Å². The zero-order valence-corrected chi connectivity index (χ0v) is 16.5. The molecule has 0 unspecified atom stereocenters.